The molecule has 0 N–H and O–H groups in total. The first-order valence-electron chi connectivity index (χ1n) is 7.66. The van der Waals surface area contributed by atoms with E-state index < -0.39 is 0 Å². The number of ketones is 1. The molecule has 0 heterocycles. The highest BCUT2D eigenvalue weighted by Gasteiger charge is 2.33. The Balaban J connectivity index is 1.56. The Morgan fingerprint density at radius 2 is 1.89 bits per heavy atom. The molecule has 1 aromatic carbocycles. The minimum atomic E-state index is 0.348. The van der Waals surface area contributed by atoms with E-state index in [0.717, 1.165) is 25.7 Å². The van der Waals surface area contributed by atoms with Gasteiger partial charge in [0.25, 0.3) is 0 Å². The molecule has 1 heteroatoms. The molecule has 0 saturated heterocycles. The molecule has 0 aliphatic heterocycles. The molecule has 1 aromatic rings. The molecule has 3 rings (SSSR count). The van der Waals surface area contributed by atoms with E-state index in [4.69, 9.17) is 0 Å². The van der Waals surface area contributed by atoms with Gasteiger partial charge in [0.15, 0.2) is 0 Å². The molecule has 0 aromatic heterocycles. The first-order chi connectivity index (χ1) is 9.05. The number of Topliss-reactive ketones (excluding diaryl/α,β-unsaturated/α-hetero) is 1. The molecule has 2 aliphatic carbocycles. The standard InChI is InChI=1S/C18H24O/c1-18(2)9-7-13(8-10-18)17(19)12-15-11-14-5-3-4-6-16(14)15/h3-6,13,15H,7-12H2,1-2H3. The first-order valence-corrected chi connectivity index (χ1v) is 7.66. The Labute approximate surface area is 116 Å². The van der Waals surface area contributed by atoms with Crippen molar-refractivity contribution in [3.8, 4) is 0 Å². The van der Waals surface area contributed by atoms with Gasteiger partial charge in [-0.3, -0.25) is 4.79 Å². The monoisotopic (exact) mass is 256 g/mol. The maximum absolute atomic E-state index is 12.4. The molecule has 1 nitrogen and oxygen atoms in total. The van der Waals surface area contributed by atoms with Gasteiger partial charge in [0.1, 0.15) is 5.78 Å². The fourth-order valence-electron chi connectivity index (χ4n) is 3.68. The van der Waals surface area contributed by atoms with Crippen molar-refractivity contribution in [2.75, 3.05) is 0 Å². The van der Waals surface area contributed by atoms with E-state index in [0.29, 0.717) is 23.0 Å². The van der Waals surface area contributed by atoms with Gasteiger partial charge < -0.3 is 0 Å². The summed E-state index contributed by atoms with van der Waals surface area (Å²) in [5.41, 5.74) is 3.33. The van der Waals surface area contributed by atoms with Crippen molar-refractivity contribution in [3.63, 3.8) is 0 Å². The lowest BCUT2D eigenvalue weighted by Gasteiger charge is -2.35. The highest BCUT2D eigenvalue weighted by atomic mass is 16.1. The SMILES string of the molecule is CC1(C)CCC(C(=O)CC2Cc3ccccc32)CC1. The van der Waals surface area contributed by atoms with E-state index in [1.54, 1.807) is 0 Å². The summed E-state index contributed by atoms with van der Waals surface area (Å²) in [5.74, 6) is 1.38. The van der Waals surface area contributed by atoms with Crippen LogP contribution in [0.5, 0.6) is 0 Å². The number of hydrogen-bond acceptors (Lipinski definition) is 1. The summed E-state index contributed by atoms with van der Waals surface area (Å²) in [6.45, 7) is 4.66. The third kappa shape index (κ3) is 2.61. The topological polar surface area (TPSA) is 17.1 Å². The number of carbonyl (C=O) groups excluding carboxylic acids is 1. The van der Waals surface area contributed by atoms with Gasteiger partial charge in [-0.1, -0.05) is 38.1 Å². The maximum atomic E-state index is 12.4. The Morgan fingerprint density at radius 3 is 2.58 bits per heavy atom. The van der Waals surface area contributed by atoms with Crippen molar-refractivity contribution in [1.29, 1.82) is 0 Å². The summed E-state index contributed by atoms with van der Waals surface area (Å²) in [6.07, 6.45) is 6.54. The van der Waals surface area contributed by atoms with Crippen LogP contribution in [0.4, 0.5) is 0 Å². The third-order valence-electron chi connectivity index (χ3n) is 5.20. The number of rotatable bonds is 3. The highest BCUT2D eigenvalue weighted by molar-refractivity contribution is 5.82. The molecule has 1 fully saturated rings. The average molecular weight is 256 g/mol. The van der Waals surface area contributed by atoms with Gasteiger partial charge in [0.2, 0.25) is 0 Å². The van der Waals surface area contributed by atoms with E-state index in [-0.39, 0.29) is 0 Å². The van der Waals surface area contributed by atoms with Crippen LogP contribution in [0.3, 0.4) is 0 Å². The molecule has 0 radical (unpaired) electrons. The molecule has 1 saturated carbocycles. The Bertz CT molecular complexity index is 476. The Kier molecular flexibility index (Phi) is 3.24. The first kappa shape index (κ1) is 12.9. The van der Waals surface area contributed by atoms with Crippen molar-refractivity contribution in [2.45, 2.75) is 58.3 Å². The predicted octanol–water partition coefficient (Wildman–Crippen LogP) is 4.50. The van der Waals surface area contributed by atoms with Gasteiger partial charge in [-0.2, -0.15) is 0 Å². The third-order valence-corrected chi connectivity index (χ3v) is 5.20. The zero-order chi connectivity index (χ0) is 13.5. The number of carbonyl (C=O) groups is 1. The Morgan fingerprint density at radius 1 is 1.21 bits per heavy atom. The number of hydrogen-bond donors (Lipinski definition) is 0. The summed E-state index contributed by atoms with van der Waals surface area (Å²) < 4.78 is 0. The fourth-order valence-corrected chi connectivity index (χ4v) is 3.68. The lowest BCUT2D eigenvalue weighted by atomic mass is 9.69. The van der Waals surface area contributed by atoms with E-state index >= 15 is 0 Å². The van der Waals surface area contributed by atoms with Gasteiger partial charge >= 0.3 is 0 Å². The molecule has 19 heavy (non-hydrogen) atoms. The fraction of sp³-hybridized carbons (Fsp3) is 0.611. The van der Waals surface area contributed by atoms with Crippen LogP contribution in [-0.4, -0.2) is 5.78 Å². The summed E-state index contributed by atoms with van der Waals surface area (Å²) in [7, 11) is 0. The second-order valence-electron chi connectivity index (χ2n) is 7.21. The van der Waals surface area contributed by atoms with E-state index in [1.807, 2.05) is 0 Å². The quantitative estimate of drug-likeness (QED) is 0.778. The van der Waals surface area contributed by atoms with Crippen molar-refractivity contribution in [1.82, 2.24) is 0 Å². The summed E-state index contributed by atoms with van der Waals surface area (Å²) in [4.78, 5) is 12.4. The average Bonchev–Trinajstić information content (AvgIpc) is 2.35. The van der Waals surface area contributed by atoms with Gasteiger partial charge in [0, 0.05) is 12.3 Å². The number of benzene rings is 1. The number of fused-ring (bicyclic) bond motifs is 1. The lowest BCUT2D eigenvalue weighted by Crippen LogP contribution is -2.29. The maximum Gasteiger partial charge on any atom is 0.136 e. The lowest BCUT2D eigenvalue weighted by molar-refractivity contribution is -0.124. The van der Waals surface area contributed by atoms with E-state index in [9.17, 15) is 4.79 Å². The molecule has 0 bridgehead atoms. The van der Waals surface area contributed by atoms with Crippen molar-refractivity contribution >= 4 is 5.78 Å². The van der Waals surface area contributed by atoms with Crippen LogP contribution in [0.1, 0.15) is 63.0 Å². The highest BCUT2D eigenvalue weighted by Crippen LogP contribution is 2.42. The predicted molar refractivity (Wildman–Crippen MR) is 78.3 cm³/mol. The van der Waals surface area contributed by atoms with E-state index in [1.165, 1.54) is 24.0 Å². The van der Waals surface area contributed by atoms with Crippen molar-refractivity contribution in [2.24, 2.45) is 11.3 Å². The molecular weight excluding hydrogens is 232 g/mol. The van der Waals surface area contributed by atoms with Crippen LogP contribution >= 0.6 is 0 Å². The normalized spacial score (nSPS) is 25.5. The summed E-state index contributed by atoms with van der Waals surface area (Å²) in [5, 5.41) is 0. The van der Waals surface area contributed by atoms with Crippen LogP contribution in [0.2, 0.25) is 0 Å². The van der Waals surface area contributed by atoms with Gasteiger partial charge in [-0.05, 0) is 54.6 Å². The van der Waals surface area contributed by atoms with Crippen molar-refractivity contribution in [3.05, 3.63) is 35.4 Å². The van der Waals surface area contributed by atoms with E-state index in [2.05, 4.69) is 38.1 Å². The molecule has 1 atom stereocenters. The van der Waals surface area contributed by atoms with Crippen LogP contribution in [-0.2, 0) is 11.2 Å². The van der Waals surface area contributed by atoms with Crippen molar-refractivity contribution < 1.29 is 4.79 Å². The molecule has 2 aliphatic rings. The largest absolute Gasteiger partial charge is 0.299 e. The molecule has 0 spiro atoms. The second kappa shape index (κ2) is 4.77. The summed E-state index contributed by atoms with van der Waals surface area (Å²) >= 11 is 0. The molecule has 102 valence electrons. The molecular formula is C18H24O. The minimum absolute atomic E-state index is 0.348. The second-order valence-corrected chi connectivity index (χ2v) is 7.21. The van der Waals surface area contributed by atoms with Crippen LogP contribution in [0, 0.1) is 11.3 Å². The minimum Gasteiger partial charge on any atom is -0.299 e. The van der Waals surface area contributed by atoms with Crippen LogP contribution in [0.25, 0.3) is 0 Å². The summed E-state index contributed by atoms with van der Waals surface area (Å²) in [6, 6.07) is 8.58. The van der Waals surface area contributed by atoms with Gasteiger partial charge in [-0.25, -0.2) is 0 Å². The molecule has 0 amide bonds. The molecule has 1 unspecified atom stereocenters. The van der Waals surface area contributed by atoms with Gasteiger partial charge in [0.05, 0.1) is 0 Å². The zero-order valence-electron chi connectivity index (χ0n) is 12.1. The Hall–Kier alpha value is -1.11. The van der Waals surface area contributed by atoms with Crippen LogP contribution < -0.4 is 0 Å². The smallest absolute Gasteiger partial charge is 0.136 e. The zero-order valence-corrected chi connectivity index (χ0v) is 12.1. The van der Waals surface area contributed by atoms with Crippen LogP contribution in [0.15, 0.2) is 24.3 Å². The van der Waals surface area contributed by atoms with Gasteiger partial charge in [-0.15, -0.1) is 0 Å².